The normalized spacial score (nSPS) is 12.9. The SMILES string of the molecule is CC(C)(O)c1ccccc1N(c1ccccc1C(O)c1ccccc1)c1ccccc1C(C)(C)O. The van der Waals surface area contributed by atoms with Gasteiger partial charge in [0, 0.05) is 16.7 Å². The highest BCUT2D eigenvalue weighted by Gasteiger charge is 2.30. The molecule has 0 saturated heterocycles. The Labute approximate surface area is 207 Å². The molecule has 1 unspecified atom stereocenters. The van der Waals surface area contributed by atoms with E-state index < -0.39 is 17.3 Å². The summed E-state index contributed by atoms with van der Waals surface area (Å²) < 4.78 is 0. The lowest BCUT2D eigenvalue weighted by Gasteiger charge is -2.36. The molecule has 4 aromatic carbocycles. The Kier molecular flexibility index (Phi) is 6.82. The van der Waals surface area contributed by atoms with Crippen LogP contribution in [-0.2, 0) is 11.2 Å². The zero-order chi connectivity index (χ0) is 25.2. The molecule has 3 N–H and O–H groups in total. The van der Waals surface area contributed by atoms with Crippen LogP contribution in [0.2, 0.25) is 0 Å². The van der Waals surface area contributed by atoms with Crippen LogP contribution in [0.15, 0.2) is 103 Å². The molecule has 0 fully saturated rings. The number of hydrogen-bond acceptors (Lipinski definition) is 4. The average Bonchev–Trinajstić information content (AvgIpc) is 2.84. The van der Waals surface area contributed by atoms with Crippen LogP contribution in [0.4, 0.5) is 17.1 Å². The van der Waals surface area contributed by atoms with Gasteiger partial charge >= 0.3 is 0 Å². The van der Waals surface area contributed by atoms with Crippen molar-refractivity contribution in [2.45, 2.75) is 45.0 Å². The van der Waals surface area contributed by atoms with Gasteiger partial charge in [-0.3, -0.25) is 0 Å². The number of aliphatic hydroxyl groups excluding tert-OH is 1. The van der Waals surface area contributed by atoms with Crippen LogP contribution in [0.3, 0.4) is 0 Å². The molecule has 0 bridgehead atoms. The molecular formula is C31H33NO3. The van der Waals surface area contributed by atoms with Gasteiger partial charge in [-0.05, 0) is 51.5 Å². The molecular weight excluding hydrogens is 434 g/mol. The number of rotatable bonds is 7. The Morgan fingerprint density at radius 2 is 0.943 bits per heavy atom. The van der Waals surface area contributed by atoms with Gasteiger partial charge in [-0.1, -0.05) is 84.9 Å². The molecule has 0 aromatic heterocycles. The minimum atomic E-state index is -1.12. The highest BCUT2D eigenvalue weighted by Crippen LogP contribution is 2.46. The van der Waals surface area contributed by atoms with Crippen LogP contribution < -0.4 is 4.90 Å². The van der Waals surface area contributed by atoms with Crippen LogP contribution >= 0.6 is 0 Å². The van der Waals surface area contributed by atoms with E-state index in [1.165, 1.54) is 0 Å². The van der Waals surface area contributed by atoms with Crippen molar-refractivity contribution < 1.29 is 15.3 Å². The van der Waals surface area contributed by atoms with E-state index in [0.717, 1.165) is 39.3 Å². The van der Waals surface area contributed by atoms with Crippen molar-refractivity contribution in [2.24, 2.45) is 0 Å². The van der Waals surface area contributed by atoms with E-state index in [0.29, 0.717) is 0 Å². The number of anilines is 3. The van der Waals surface area contributed by atoms with Crippen molar-refractivity contribution >= 4 is 17.1 Å². The Morgan fingerprint density at radius 3 is 1.43 bits per heavy atom. The number of benzene rings is 4. The number of aliphatic hydroxyl groups is 3. The Hall–Kier alpha value is -3.44. The average molecular weight is 468 g/mol. The third-order valence-electron chi connectivity index (χ3n) is 6.20. The third kappa shape index (κ3) is 5.15. The van der Waals surface area contributed by atoms with Crippen LogP contribution in [0, 0.1) is 0 Å². The van der Waals surface area contributed by atoms with Gasteiger partial charge in [0.2, 0.25) is 0 Å². The third-order valence-corrected chi connectivity index (χ3v) is 6.20. The van der Waals surface area contributed by atoms with Crippen molar-refractivity contribution in [2.75, 3.05) is 4.90 Å². The zero-order valence-electron chi connectivity index (χ0n) is 20.7. The predicted molar refractivity (Wildman–Crippen MR) is 142 cm³/mol. The molecule has 1 atom stereocenters. The highest BCUT2D eigenvalue weighted by molar-refractivity contribution is 5.83. The van der Waals surface area contributed by atoms with Crippen LogP contribution in [0.5, 0.6) is 0 Å². The van der Waals surface area contributed by atoms with Crippen LogP contribution in [0.25, 0.3) is 0 Å². The summed E-state index contributed by atoms with van der Waals surface area (Å²) in [6, 6.07) is 32.7. The minimum Gasteiger partial charge on any atom is -0.386 e. The molecule has 0 aliphatic carbocycles. The first-order valence-electron chi connectivity index (χ1n) is 11.8. The molecule has 35 heavy (non-hydrogen) atoms. The standard InChI is InChI=1S/C31H33NO3/c1-30(2,34)24-17-9-12-20-27(24)32(28-21-13-10-18-25(28)31(3,4)35)26-19-11-8-16-23(26)29(33)22-14-6-5-7-15-22/h5-21,29,33-35H,1-4H3. The first-order valence-corrected chi connectivity index (χ1v) is 11.8. The van der Waals surface area contributed by atoms with Crippen molar-refractivity contribution in [1.29, 1.82) is 0 Å². The molecule has 0 aliphatic heterocycles. The monoisotopic (exact) mass is 467 g/mol. The lowest BCUT2D eigenvalue weighted by Crippen LogP contribution is -2.25. The largest absolute Gasteiger partial charge is 0.386 e. The molecule has 0 saturated carbocycles. The van der Waals surface area contributed by atoms with E-state index in [2.05, 4.69) is 0 Å². The summed E-state index contributed by atoms with van der Waals surface area (Å²) >= 11 is 0. The van der Waals surface area contributed by atoms with Crippen molar-refractivity contribution in [3.05, 3.63) is 125 Å². The van der Waals surface area contributed by atoms with E-state index in [4.69, 9.17) is 0 Å². The van der Waals surface area contributed by atoms with Gasteiger partial charge in [-0.15, -0.1) is 0 Å². The lowest BCUT2D eigenvalue weighted by atomic mass is 9.91. The van der Waals surface area contributed by atoms with E-state index >= 15 is 0 Å². The van der Waals surface area contributed by atoms with Crippen molar-refractivity contribution in [3.63, 3.8) is 0 Å². The van der Waals surface area contributed by atoms with Gasteiger partial charge in [0.15, 0.2) is 0 Å². The van der Waals surface area contributed by atoms with Crippen molar-refractivity contribution in [1.82, 2.24) is 0 Å². The maximum atomic E-state index is 11.4. The molecule has 180 valence electrons. The molecule has 0 amide bonds. The highest BCUT2D eigenvalue weighted by atomic mass is 16.3. The van der Waals surface area contributed by atoms with E-state index in [1.54, 1.807) is 27.7 Å². The fraction of sp³-hybridized carbons (Fsp3) is 0.226. The summed E-state index contributed by atoms with van der Waals surface area (Å²) in [7, 11) is 0. The summed E-state index contributed by atoms with van der Waals surface area (Å²) in [5.74, 6) is 0. The van der Waals surface area contributed by atoms with Gasteiger partial charge in [0.05, 0.1) is 28.3 Å². The van der Waals surface area contributed by atoms with Crippen molar-refractivity contribution in [3.8, 4) is 0 Å². The predicted octanol–water partition coefficient (Wildman–Crippen LogP) is 6.69. The summed E-state index contributed by atoms with van der Waals surface area (Å²) in [4.78, 5) is 2.03. The topological polar surface area (TPSA) is 63.9 Å². The fourth-order valence-corrected chi connectivity index (χ4v) is 4.50. The minimum absolute atomic E-state index is 0.717. The zero-order valence-corrected chi connectivity index (χ0v) is 20.7. The molecule has 0 aliphatic rings. The van der Waals surface area contributed by atoms with Gasteiger partial charge in [0.25, 0.3) is 0 Å². The van der Waals surface area contributed by atoms with E-state index in [9.17, 15) is 15.3 Å². The summed E-state index contributed by atoms with van der Waals surface area (Å²) in [5.41, 5.74) is 3.02. The number of nitrogens with zero attached hydrogens (tertiary/aromatic N) is 1. The second-order valence-corrected chi connectivity index (χ2v) is 9.86. The van der Waals surface area contributed by atoms with E-state index in [1.807, 2.05) is 108 Å². The molecule has 4 rings (SSSR count). The second-order valence-electron chi connectivity index (χ2n) is 9.86. The summed E-state index contributed by atoms with van der Waals surface area (Å²) in [5, 5.41) is 33.6. The Balaban J connectivity index is 2.04. The molecule has 0 heterocycles. The first kappa shape index (κ1) is 24.7. The Morgan fingerprint density at radius 1 is 0.543 bits per heavy atom. The lowest BCUT2D eigenvalue weighted by molar-refractivity contribution is 0.0790. The van der Waals surface area contributed by atoms with E-state index in [-0.39, 0.29) is 0 Å². The molecule has 0 spiro atoms. The molecule has 4 aromatic rings. The van der Waals surface area contributed by atoms with Crippen LogP contribution in [0.1, 0.15) is 56.1 Å². The smallest absolute Gasteiger partial charge is 0.106 e. The molecule has 4 heteroatoms. The number of para-hydroxylation sites is 3. The van der Waals surface area contributed by atoms with Gasteiger partial charge < -0.3 is 20.2 Å². The fourth-order valence-electron chi connectivity index (χ4n) is 4.50. The maximum Gasteiger partial charge on any atom is 0.106 e. The first-order chi connectivity index (χ1) is 16.6. The quantitative estimate of drug-likeness (QED) is 0.283. The molecule has 4 nitrogen and oxygen atoms in total. The Bertz CT molecular complexity index is 1230. The van der Waals surface area contributed by atoms with Gasteiger partial charge in [0.1, 0.15) is 6.10 Å². The van der Waals surface area contributed by atoms with Gasteiger partial charge in [-0.25, -0.2) is 0 Å². The van der Waals surface area contributed by atoms with Crippen LogP contribution in [-0.4, -0.2) is 15.3 Å². The second kappa shape index (κ2) is 9.67. The van der Waals surface area contributed by atoms with Gasteiger partial charge in [-0.2, -0.15) is 0 Å². The number of hydrogen-bond donors (Lipinski definition) is 3. The molecule has 0 radical (unpaired) electrons. The summed E-state index contributed by atoms with van der Waals surface area (Å²) in [6.45, 7) is 7.04. The maximum absolute atomic E-state index is 11.4. The summed E-state index contributed by atoms with van der Waals surface area (Å²) in [6.07, 6.45) is -0.863.